The Balaban J connectivity index is 1.84. The summed E-state index contributed by atoms with van der Waals surface area (Å²) < 4.78 is 5.32. The number of hydrogen-bond donors (Lipinski definition) is 2. The number of rotatable bonds is 4. The summed E-state index contributed by atoms with van der Waals surface area (Å²) in [5.41, 5.74) is 1.90. The summed E-state index contributed by atoms with van der Waals surface area (Å²) in [5.74, 6) is -0.429. The minimum atomic E-state index is -0.607. The molecular weight excluding hydrogens is 406 g/mol. The molecule has 0 unspecified atom stereocenters. The molecule has 158 valence electrons. The number of benzene rings is 1. The number of nitrogens with zero attached hydrogens (tertiary/aromatic N) is 1. The van der Waals surface area contributed by atoms with Crippen LogP contribution >= 0.6 is 11.6 Å². The zero-order valence-electron chi connectivity index (χ0n) is 16.9. The van der Waals surface area contributed by atoms with E-state index in [1.807, 2.05) is 19.1 Å². The average molecular weight is 430 g/mol. The van der Waals surface area contributed by atoms with Crippen molar-refractivity contribution in [1.82, 2.24) is 15.5 Å². The van der Waals surface area contributed by atoms with Crippen LogP contribution in [0.2, 0.25) is 5.02 Å². The van der Waals surface area contributed by atoms with Gasteiger partial charge in [-0.2, -0.15) is 0 Å². The summed E-state index contributed by atoms with van der Waals surface area (Å²) in [7, 11) is 1.51. The lowest BCUT2D eigenvalue weighted by atomic mass is 9.99. The Kier molecular flexibility index (Phi) is 6.95. The number of amides is 4. The number of hydrogen-bond acceptors (Lipinski definition) is 4. The van der Waals surface area contributed by atoms with Crippen molar-refractivity contribution in [1.29, 1.82) is 0 Å². The van der Waals surface area contributed by atoms with Gasteiger partial charge in [0.2, 0.25) is 5.91 Å². The second kappa shape index (κ2) is 9.63. The first-order valence-electron chi connectivity index (χ1n) is 9.68. The lowest BCUT2D eigenvalue weighted by molar-refractivity contribution is -0.128. The van der Waals surface area contributed by atoms with Crippen LogP contribution in [0, 0.1) is 0 Å². The van der Waals surface area contributed by atoms with E-state index >= 15 is 0 Å². The van der Waals surface area contributed by atoms with E-state index in [-0.39, 0.29) is 24.7 Å². The lowest BCUT2D eigenvalue weighted by Gasteiger charge is -2.24. The summed E-state index contributed by atoms with van der Waals surface area (Å²) in [4.78, 5) is 39.0. The van der Waals surface area contributed by atoms with Gasteiger partial charge in [0.25, 0.3) is 5.91 Å². The van der Waals surface area contributed by atoms with E-state index < -0.39 is 17.8 Å². The minimum absolute atomic E-state index is 0.00259. The fourth-order valence-corrected chi connectivity index (χ4v) is 3.52. The van der Waals surface area contributed by atoms with Gasteiger partial charge in [0.15, 0.2) is 0 Å². The van der Waals surface area contributed by atoms with Gasteiger partial charge in [0, 0.05) is 28.7 Å². The molecular formula is C22H24ClN3O4. The topological polar surface area (TPSA) is 87.7 Å². The molecule has 3 rings (SSSR count). The van der Waals surface area contributed by atoms with Crippen LogP contribution in [0.4, 0.5) is 4.79 Å². The van der Waals surface area contributed by atoms with Crippen molar-refractivity contribution in [2.45, 2.75) is 25.8 Å². The first-order chi connectivity index (χ1) is 14.4. The molecule has 7 nitrogen and oxygen atoms in total. The number of methoxy groups -OCH3 is 1. The zero-order valence-corrected chi connectivity index (χ0v) is 17.7. The van der Waals surface area contributed by atoms with Crippen LogP contribution in [-0.4, -0.2) is 49.0 Å². The van der Waals surface area contributed by atoms with Gasteiger partial charge in [-0.25, -0.2) is 4.79 Å². The number of ether oxygens (including phenoxy) is 1. The van der Waals surface area contributed by atoms with Gasteiger partial charge in [-0.05, 0) is 49.6 Å². The Morgan fingerprint density at radius 3 is 2.87 bits per heavy atom. The molecule has 4 amide bonds. The third kappa shape index (κ3) is 5.10. The lowest BCUT2D eigenvalue weighted by Crippen LogP contribution is -2.49. The number of urea groups is 1. The summed E-state index contributed by atoms with van der Waals surface area (Å²) in [6, 6.07) is 4.16. The van der Waals surface area contributed by atoms with Crippen LogP contribution in [0.3, 0.4) is 0 Å². The fourth-order valence-electron chi connectivity index (χ4n) is 3.33. The molecule has 1 saturated heterocycles. The van der Waals surface area contributed by atoms with Gasteiger partial charge in [-0.1, -0.05) is 29.8 Å². The highest BCUT2D eigenvalue weighted by Gasteiger charge is 2.31. The molecule has 30 heavy (non-hydrogen) atoms. The minimum Gasteiger partial charge on any atom is -0.496 e. The molecule has 1 aliphatic carbocycles. The standard InChI is InChI=1S/C22H24ClN3O4/c1-14(15-6-4-3-5-7-15)25-22(29)26-13-20(27)24-12-17(21(26)28)10-16-11-18(23)8-9-19(16)30-2/h3-4,6,8-11,14H,5,7,12-13H2,1-2H3,(H,24,27)(H,25,29)/b17-10+/t14-/m1/s1. The molecule has 0 radical (unpaired) electrons. The second-order valence-corrected chi connectivity index (χ2v) is 7.54. The van der Waals surface area contributed by atoms with Crippen molar-refractivity contribution in [3.05, 3.63) is 58.2 Å². The highest BCUT2D eigenvalue weighted by molar-refractivity contribution is 6.30. The van der Waals surface area contributed by atoms with E-state index in [0.717, 1.165) is 23.3 Å². The Bertz CT molecular complexity index is 952. The molecule has 1 aromatic carbocycles. The molecule has 0 spiro atoms. The molecule has 2 aliphatic rings. The normalized spacial score (nSPS) is 19.1. The molecule has 0 aromatic heterocycles. The van der Waals surface area contributed by atoms with E-state index in [4.69, 9.17) is 16.3 Å². The summed E-state index contributed by atoms with van der Waals surface area (Å²) in [5, 5.41) is 5.96. The molecule has 8 heteroatoms. The smallest absolute Gasteiger partial charge is 0.325 e. The van der Waals surface area contributed by atoms with E-state index in [0.29, 0.717) is 16.3 Å². The number of imide groups is 1. The Labute approximate surface area is 180 Å². The number of carbonyl (C=O) groups is 3. The summed E-state index contributed by atoms with van der Waals surface area (Å²) in [6.45, 7) is 1.52. The van der Waals surface area contributed by atoms with E-state index in [9.17, 15) is 14.4 Å². The predicted molar refractivity (Wildman–Crippen MR) is 115 cm³/mol. The largest absolute Gasteiger partial charge is 0.496 e. The van der Waals surface area contributed by atoms with Gasteiger partial charge in [0.05, 0.1) is 7.11 Å². The van der Waals surface area contributed by atoms with Gasteiger partial charge in [-0.3, -0.25) is 14.5 Å². The van der Waals surface area contributed by atoms with Crippen molar-refractivity contribution in [2.75, 3.05) is 20.2 Å². The number of nitrogens with one attached hydrogen (secondary N) is 2. The zero-order chi connectivity index (χ0) is 21.7. The molecule has 2 N–H and O–H groups in total. The molecule has 1 aliphatic heterocycles. The maximum absolute atomic E-state index is 13.1. The van der Waals surface area contributed by atoms with Gasteiger partial charge < -0.3 is 15.4 Å². The number of carbonyl (C=O) groups excluding carboxylic acids is 3. The molecule has 0 bridgehead atoms. The first-order valence-corrected chi connectivity index (χ1v) is 10.1. The number of halogens is 1. The van der Waals surface area contributed by atoms with Gasteiger partial charge in [0.1, 0.15) is 12.3 Å². The fraction of sp³-hybridized carbons (Fsp3) is 0.318. The summed E-state index contributed by atoms with van der Waals surface area (Å²) >= 11 is 6.07. The molecule has 1 heterocycles. The molecule has 1 atom stereocenters. The second-order valence-electron chi connectivity index (χ2n) is 7.10. The average Bonchev–Trinajstić information content (AvgIpc) is 2.88. The maximum atomic E-state index is 13.1. The highest BCUT2D eigenvalue weighted by atomic mass is 35.5. The van der Waals surface area contributed by atoms with Crippen LogP contribution in [0.5, 0.6) is 5.75 Å². The monoisotopic (exact) mass is 429 g/mol. The number of allylic oxidation sites excluding steroid dienone is 3. The Hall–Kier alpha value is -3.06. The van der Waals surface area contributed by atoms with Crippen LogP contribution in [0.15, 0.2) is 47.6 Å². The maximum Gasteiger partial charge on any atom is 0.325 e. The van der Waals surface area contributed by atoms with Crippen molar-refractivity contribution in [3.63, 3.8) is 0 Å². The van der Waals surface area contributed by atoms with Crippen LogP contribution in [0.25, 0.3) is 6.08 Å². The predicted octanol–water partition coefficient (Wildman–Crippen LogP) is 3.06. The SMILES string of the molecule is COc1ccc(Cl)cc1/C=C1\CNC(=O)CN(C(=O)N[C@H](C)C2=CC=CCC2)C1=O. The van der Waals surface area contributed by atoms with E-state index in [1.54, 1.807) is 24.3 Å². The van der Waals surface area contributed by atoms with Crippen LogP contribution in [0.1, 0.15) is 25.3 Å². The third-order valence-electron chi connectivity index (χ3n) is 5.01. The highest BCUT2D eigenvalue weighted by Crippen LogP contribution is 2.25. The molecule has 1 fully saturated rings. The molecule has 1 aromatic rings. The van der Waals surface area contributed by atoms with Gasteiger partial charge >= 0.3 is 6.03 Å². The van der Waals surface area contributed by atoms with E-state index in [1.165, 1.54) is 7.11 Å². The quantitative estimate of drug-likeness (QED) is 0.720. The Morgan fingerprint density at radius 2 is 2.17 bits per heavy atom. The Morgan fingerprint density at radius 1 is 1.37 bits per heavy atom. The van der Waals surface area contributed by atoms with Crippen LogP contribution < -0.4 is 15.4 Å². The van der Waals surface area contributed by atoms with Crippen molar-refractivity contribution >= 4 is 35.5 Å². The third-order valence-corrected chi connectivity index (χ3v) is 5.24. The van der Waals surface area contributed by atoms with Crippen molar-refractivity contribution in [3.8, 4) is 5.75 Å². The van der Waals surface area contributed by atoms with Crippen molar-refractivity contribution < 1.29 is 19.1 Å². The van der Waals surface area contributed by atoms with Crippen LogP contribution in [-0.2, 0) is 9.59 Å². The van der Waals surface area contributed by atoms with E-state index in [2.05, 4.69) is 16.7 Å². The molecule has 0 saturated carbocycles. The summed E-state index contributed by atoms with van der Waals surface area (Å²) in [6.07, 6.45) is 9.30. The first kappa shape index (κ1) is 21.6. The van der Waals surface area contributed by atoms with Crippen molar-refractivity contribution in [2.24, 2.45) is 0 Å². The van der Waals surface area contributed by atoms with Gasteiger partial charge in [-0.15, -0.1) is 0 Å².